The van der Waals surface area contributed by atoms with Crippen LogP contribution in [0.2, 0.25) is 0 Å². The average molecular weight is 252 g/mol. The Balaban J connectivity index is 1.98. The number of aromatic nitrogens is 2. The van der Waals surface area contributed by atoms with Crippen molar-refractivity contribution in [3.8, 4) is 0 Å². The second-order valence-corrected chi connectivity index (χ2v) is 4.78. The molecule has 1 heterocycles. The summed E-state index contributed by atoms with van der Waals surface area (Å²) in [5, 5.41) is 13.4. The van der Waals surface area contributed by atoms with Crippen LogP contribution in [0.25, 0.3) is 0 Å². The lowest BCUT2D eigenvalue weighted by atomic mass is 9.85. The number of anilines is 3. The number of aliphatic hydroxyl groups is 1. The summed E-state index contributed by atoms with van der Waals surface area (Å²) < 4.78 is 0. The van der Waals surface area contributed by atoms with Crippen LogP contribution in [-0.2, 0) is 0 Å². The third-order valence-electron chi connectivity index (χ3n) is 3.27. The van der Waals surface area contributed by atoms with Crippen molar-refractivity contribution in [2.24, 2.45) is 5.84 Å². The average Bonchev–Trinajstić information content (AvgIpc) is 2.37. The van der Waals surface area contributed by atoms with Crippen LogP contribution in [-0.4, -0.2) is 27.2 Å². The van der Waals surface area contributed by atoms with E-state index in [2.05, 4.69) is 20.7 Å². The molecule has 100 valence electrons. The zero-order valence-corrected chi connectivity index (χ0v) is 10.3. The molecule has 0 atom stereocenters. The molecule has 1 aliphatic rings. The van der Waals surface area contributed by atoms with Crippen LogP contribution >= 0.6 is 0 Å². The molecule has 0 spiro atoms. The first-order valence-electron chi connectivity index (χ1n) is 6.19. The second-order valence-electron chi connectivity index (χ2n) is 4.78. The molecule has 0 unspecified atom stereocenters. The summed E-state index contributed by atoms with van der Waals surface area (Å²) in [5.41, 5.74) is 7.33. The van der Waals surface area contributed by atoms with Gasteiger partial charge in [-0.1, -0.05) is 19.3 Å². The van der Waals surface area contributed by atoms with Crippen molar-refractivity contribution in [1.29, 1.82) is 0 Å². The van der Waals surface area contributed by atoms with E-state index in [1.807, 2.05) is 0 Å². The highest BCUT2D eigenvalue weighted by Crippen LogP contribution is 2.28. The normalized spacial score (nSPS) is 18.3. The van der Waals surface area contributed by atoms with E-state index in [9.17, 15) is 5.11 Å². The standard InChI is InChI=1S/C11H20N6O/c12-10-15-8(6-9(16-10)17-13)14-7-11(18)4-2-1-3-5-11/h6,18H,1-5,7,13H2,(H4,12,14,15,16,17). The summed E-state index contributed by atoms with van der Waals surface area (Å²) in [6.07, 6.45) is 4.98. The van der Waals surface area contributed by atoms with Gasteiger partial charge in [0.15, 0.2) is 0 Å². The Morgan fingerprint density at radius 2 is 1.89 bits per heavy atom. The number of hydrazine groups is 1. The van der Waals surface area contributed by atoms with Gasteiger partial charge < -0.3 is 21.6 Å². The lowest BCUT2D eigenvalue weighted by Crippen LogP contribution is -2.39. The van der Waals surface area contributed by atoms with Crippen molar-refractivity contribution >= 4 is 17.6 Å². The molecule has 7 nitrogen and oxygen atoms in total. The molecule has 7 heteroatoms. The molecule has 7 N–H and O–H groups in total. The van der Waals surface area contributed by atoms with Gasteiger partial charge in [-0.3, -0.25) is 0 Å². The first-order valence-corrected chi connectivity index (χ1v) is 6.19. The van der Waals surface area contributed by atoms with Gasteiger partial charge >= 0.3 is 0 Å². The van der Waals surface area contributed by atoms with Gasteiger partial charge in [0.05, 0.1) is 5.60 Å². The summed E-state index contributed by atoms with van der Waals surface area (Å²) in [5.74, 6) is 6.43. The van der Waals surface area contributed by atoms with Crippen LogP contribution in [0.3, 0.4) is 0 Å². The second kappa shape index (κ2) is 5.36. The lowest BCUT2D eigenvalue weighted by Gasteiger charge is -2.32. The summed E-state index contributed by atoms with van der Waals surface area (Å²) in [4.78, 5) is 7.94. The van der Waals surface area contributed by atoms with Crippen LogP contribution in [0.5, 0.6) is 0 Å². The molecular weight excluding hydrogens is 232 g/mol. The fourth-order valence-electron chi connectivity index (χ4n) is 2.27. The fraction of sp³-hybridized carbons (Fsp3) is 0.636. The Morgan fingerprint density at radius 1 is 1.22 bits per heavy atom. The maximum atomic E-state index is 10.4. The largest absolute Gasteiger partial charge is 0.388 e. The van der Waals surface area contributed by atoms with E-state index >= 15 is 0 Å². The molecule has 0 aliphatic heterocycles. The monoisotopic (exact) mass is 252 g/mol. The number of hydrogen-bond acceptors (Lipinski definition) is 7. The predicted molar refractivity (Wildman–Crippen MR) is 70.8 cm³/mol. The minimum absolute atomic E-state index is 0.142. The zero-order valence-electron chi connectivity index (χ0n) is 10.3. The minimum Gasteiger partial charge on any atom is -0.388 e. The van der Waals surface area contributed by atoms with Crippen molar-refractivity contribution in [3.63, 3.8) is 0 Å². The summed E-state index contributed by atoms with van der Waals surface area (Å²) in [7, 11) is 0. The van der Waals surface area contributed by atoms with Crippen LogP contribution in [0.15, 0.2) is 6.07 Å². The Bertz CT molecular complexity index is 405. The Morgan fingerprint density at radius 3 is 2.56 bits per heavy atom. The Kier molecular flexibility index (Phi) is 3.83. The van der Waals surface area contributed by atoms with E-state index in [-0.39, 0.29) is 5.95 Å². The van der Waals surface area contributed by atoms with Crippen LogP contribution in [0.1, 0.15) is 32.1 Å². The number of nitrogens with zero attached hydrogens (tertiary/aromatic N) is 2. The molecule has 0 aromatic carbocycles. The third-order valence-corrected chi connectivity index (χ3v) is 3.27. The topological polar surface area (TPSA) is 122 Å². The summed E-state index contributed by atoms with van der Waals surface area (Å²) in [6, 6.07) is 1.66. The third kappa shape index (κ3) is 3.21. The van der Waals surface area contributed by atoms with Gasteiger partial charge in [-0.05, 0) is 12.8 Å². The highest BCUT2D eigenvalue weighted by Gasteiger charge is 2.28. The molecule has 0 saturated heterocycles. The lowest BCUT2D eigenvalue weighted by molar-refractivity contribution is 0.0166. The molecule has 1 aliphatic carbocycles. The van der Waals surface area contributed by atoms with E-state index in [0.717, 1.165) is 25.7 Å². The van der Waals surface area contributed by atoms with E-state index in [1.165, 1.54) is 6.42 Å². The molecule has 0 amide bonds. The molecule has 2 rings (SSSR count). The quantitative estimate of drug-likeness (QED) is 0.389. The molecular formula is C11H20N6O. The molecule has 0 bridgehead atoms. The van der Waals surface area contributed by atoms with Crippen LogP contribution in [0, 0.1) is 0 Å². The smallest absolute Gasteiger partial charge is 0.223 e. The molecule has 1 fully saturated rings. The van der Waals surface area contributed by atoms with Crippen molar-refractivity contribution in [1.82, 2.24) is 9.97 Å². The van der Waals surface area contributed by atoms with Crippen molar-refractivity contribution in [2.75, 3.05) is 23.0 Å². The van der Waals surface area contributed by atoms with Crippen LogP contribution < -0.4 is 22.3 Å². The van der Waals surface area contributed by atoms with Gasteiger partial charge in [-0.25, -0.2) is 5.84 Å². The highest BCUT2D eigenvalue weighted by molar-refractivity contribution is 5.50. The SMILES string of the molecule is NNc1cc(NCC2(O)CCCCC2)nc(N)n1. The number of nitrogens with two attached hydrogens (primary N) is 2. The van der Waals surface area contributed by atoms with Gasteiger partial charge in [-0.15, -0.1) is 0 Å². The van der Waals surface area contributed by atoms with Gasteiger partial charge in [0.2, 0.25) is 5.95 Å². The number of nitrogens with one attached hydrogen (secondary N) is 2. The maximum Gasteiger partial charge on any atom is 0.223 e. The Hall–Kier alpha value is -1.60. The van der Waals surface area contributed by atoms with Gasteiger partial charge in [0.25, 0.3) is 0 Å². The van der Waals surface area contributed by atoms with E-state index in [0.29, 0.717) is 18.2 Å². The van der Waals surface area contributed by atoms with Gasteiger partial charge in [-0.2, -0.15) is 9.97 Å². The first-order chi connectivity index (χ1) is 8.61. The molecule has 0 radical (unpaired) electrons. The highest BCUT2D eigenvalue weighted by atomic mass is 16.3. The van der Waals surface area contributed by atoms with Crippen molar-refractivity contribution in [3.05, 3.63) is 6.07 Å². The van der Waals surface area contributed by atoms with Gasteiger partial charge in [0.1, 0.15) is 11.6 Å². The molecule has 18 heavy (non-hydrogen) atoms. The number of rotatable bonds is 4. The maximum absolute atomic E-state index is 10.4. The minimum atomic E-state index is -0.645. The Labute approximate surface area is 106 Å². The van der Waals surface area contributed by atoms with Crippen molar-refractivity contribution < 1.29 is 5.11 Å². The van der Waals surface area contributed by atoms with Gasteiger partial charge in [0, 0.05) is 12.6 Å². The summed E-state index contributed by atoms with van der Waals surface area (Å²) in [6.45, 7) is 0.466. The first kappa shape index (κ1) is 12.8. The predicted octanol–water partition coefficient (Wildman–Crippen LogP) is 0.451. The molecule has 1 aromatic rings. The molecule has 1 aromatic heterocycles. The van der Waals surface area contributed by atoms with E-state index in [4.69, 9.17) is 11.6 Å². The van der Waals surface area contributed by atoms with Crippen LogP contribution in [0.4, 0.5) is 17.6 Å². The van der Waals surface area contributed by atoms with E-state index < -0.39 is 5.60 Å². The van der Waals surface area contributed by atoms with E-state index in [1.54, 1.807) is 6.07 Å². The van der Waals surface area contributed by atoms with Crippen molar-refractivity contribution in [2.45, 2.75) is 37.7 Å². The summed E-state index contributed by atoms with van der Waals surface area (Å²) >= 11 is 0. The fourth-order valence-corrected chi connectivity index (χ4v) is 2.27. The number of hydrogen-bond donors (Lipinski definition) is 5. The molecule has 1 saturated carbocycles. The number of nitrogen functional groups attached to an aromatic ring is 2. The zero-order chi connectivity index (χ0) is 13.0.